The second kappa shape index (κ2) is 7.27. The van der Waals surface area contributed by atoms with Gasteiger partial charge in [-0.2, -0.15) is 0 Å². The van der Waals surface area contributed by atoms with Crippen molar-refractivity contribution < 1.29 is 9.52 Å². The predicted molar refractivity (Wildman–Crippen MR) is 86.8 cm³/mol. The summed E-state index contributed by atoms with van der Waals surface area (Å²) in [6.45, 7) is 6.99. The summed E-state index contributed by atoms with van der Waals surface area (Å²) in [6.07, 6.45) is 5.13. The lowest BCUT2D eigenvalue weighted by atomic mass is 10.1. The van der Waals surface area contributed by atoms with Crippen LogP contribution in [0.2, 0.25) is 0 Å². The van der Waals surface area contributed by atoms with Gasteiger partial charge in [0, 0.05) is 12.6 Å². The van der Waals surface area contributed by atoms with Gasteiger partial charge in [-0.3, -0.25) is 4.90 Å². The van der Waals surface area contributed by atoms with E-state index in [2.05, 4.69) is 26.6 Å². The molecule has 1 N–H and O–H groups in total. The molecule has 0 spiro atoms. The van der Waals surface area contributed by atoms with Crippen LogP contribution in [-0.2, 0) is 13.1 Å². The molecule has 1 aliphatic heterocycles. The molecule has 3 rings (SSSR count). The third kappa shape index (κ3) is 3.64. The highest BCUT2D eigenvalue weighted by molar-refractivity contribution is 5.03. The second-order valence-corrected chi connectivity index (χ2v) is 6.35. The highest BCUT2D eigenvalue weighted by Crippen LogP contribution is 2.28. The fourth-order valence-electron chi connectivity index (χ4n) is 3.46. The standard InChI is InChI=1S/C17H26N4O2/c1-3-8-21-13(2)18-19-17(21)12-20-9-4-6-14(20)11-15(22)16-7-5-10-23-16/h5,7,10,14-15,22H,3-4,6,8-9,11-12H2,1-2H3. The largest absolute Gasteiger partial charge is 0.467 e. The first-order valence-corrected chi connectivity index (χ1v) is 8.53. The zero-order chi connectivity index (χ0) is 16.2. The lowest BCUT2D eigenvalue weighted by molar-refractivity contribution is 0.0982. The van der Waals surface area contributed by atoms with Crippen molar-refractivity contribution in [3.63, 3.8) is 0 Å². The quantitative estimate of drug-likeness (QED) is 0.850. The van der Waals surface area contributed by atoms with Gasteiger partial charge in [0.1, 0.15) is 23.5 Å². The molecule has 0 aliphatic carbocycles. The Bertz CT molecular complexity index is 608. The molecule has 126 valence electrons. The Morgan fingerprint density at radius 1 is 1.43 bits per heavy atom. The molecule has 0 saturated carbocycles. The monoisotopic (exact) mass is 318 g/mol. The number of aryl methyl sites for hydroxylation is 1. The number of hydrogen-bond acceptors (Lipinski definition) is 5. The minimum absolute atomic E-state index is 0.363. The van der Waals surface area contributed by atoms with E-state index in [1.165, 1.54) is 0 Å². The highest BCUT2D eigenvalue weighted by Gasteiger charge is 2.29. The van der Waals surface area contributed by atoms with Gasteiger partial charge in [0.05, 0.1) is 12.8 Å². The van der Waals surface area contributed by atoms with E-state index < -0.39 is 6.10 Å². The van der Waals surface area contributed by atoms with Crippen molar-refractivity contribution in [1.29, 1.82) is 0 Å². The summed E-state index contributed by atoms with van der Waals surface area (Å²) >= 11 is 0. The second-order valence-electron chi connectivity index (χ2n) is 6.35. The van der Waals surface area contributed by atoms with Gasteiger partial charge in [0.2, 0.25) is 0 Å². The molecule has 1 aliphatic rings. The van der Waals surface area contributed by atoms with E-state index in [0.29, 0.717) is 18.2 Å². The third-order valence-corrected chi connectivity index (χ3v) is 4.67. The van der Waals surface area contributed by atoms with Crippen molar-refractivity contribution in [3.05, 3.63) is 35.8 Å². The summed E-state index contributed by atoms with van der Waals surface area (Å²) in [5, 5.41) is 18.9. The van der Waals surface area contributed by atoms with Gasteiger partial charge in [0.15, 0.2) is 0 Å². The van der Waals surface area contributed by atoms with Crippen LogP contribution in [0, 0.1) is 6.92 Å². The number of likely N-dealkylation sites (tertiary alicyclic amines) is 1. The van der Waals surface area contributed by atoms with Crippen molar-refractivity contribution in [3.8, 4) is 0 Å². The summed E-state index contributed by atoms with van der Waals surface area (Å²) in [4.78, 5) is 2.42. The lowest BCUT2D eigenvalue weighted by Gasteiger charge is -2.25. The van der Waals surface area contributed by atoms with Gasteiger partial charge in [0.25, 0.3) is 0 Å². The molecule has 0 amide bonds. The Morgan fingerprint density at radius 3 is 3.04 bits per heavy atom. The van der Waals surface area contributed by atoms with Crippen LogP contribution in [0.5, 0.6) is 0 Å². The molecule has 2 aromatic rings. The van der Waals surface area contributed by atoms with Crippen molar-refractivity contribution in [2.75, 3.05) is 6.54 Å². The molecule has 23 heavy (non-hydrogen) atoms. The van der Waals surface area contributed by atoms with Crippen molar-refractivity contribution >= 4 is 0 Å². The lowest BCUT2D eigenvalue weighted by Crippen LogP contribution is -2.31. The van der Waals surface area contributed by atoms with Crippen LogP contribution in [0.4, 0.5) is 0 Å². The van der Waals surface area contributed by atoms with Gasteiger partial charge in [-0.05, 0) is 51.3 Å². The zero-order valence-electron chi connectivity index (χ0n) is 14.0. The van der Waals surface area contributed by atoms with Gasteiger partial charge in [-0.1, -0.05) is 6.92 Å². The van der Waals surface area contributed by atoms with Crippen LogP contribution < -0.4 is 0 Å². The van der Waals surface area contributed by atoms with Gasteiger partial charge >= 0.3 is 0 Å². The number of nitrogens with zero attached hydrogens (tertiary/aromatic N) is 4. The normalized spacial score (nSPS) is 20.2. The third-order valence-electron chi connectivity index (χ3n) is 4.67. The first-order chi connectivity index (χ1) is 11.2. The maximum atomic E-state index is 10.3. The SMILES string of the molecule is CCCn1c(C)nnc1CN1CCCC1CC(O)c1ccco1. The van der Waals surface area contributed by atoms with Crippen molar-refractivity contribution in [1.82, 2.24) is 19.7 Å². The Kier molecular flexibility index (Phi) is 5.13. The molecule has 1 saturated heterocycles. The molecule has 2 atom stereocenters. The number of furan rings is 1. The number of rotatable bonds is 7. The summed E-state index contributed by atoms with van der Waals surface area (Å²) in [5.41, 5.74) is 0. The fraction of sp³-hybridized carbons (Fsp3) is 0.647. The highest BCUT2D eigenvalue weighted by atomic mass is 16.4. The van der Waals surface area contributed by atoms with Crippen LogP contribution in [-0.4, -0.2) is 37.4 Å². The number of aromatic nitrogens is 3. The minimum atomic E-state index is -0.536. The van der Waals surface area contributed by atoms with Gasteiger partial charge in [-0.15, -0.1) is 10.2 Å². The average molecular weight is 318 g/mol. The Labute approximate surface area is 137 Å². The molecule has 0 bridgehead atoms. The van der Waals surface area contributed by atoms with Gasteiger partial charge < -0.3 is 14.1 Å². The molecule has 2 unspecified atom stereocenters. The van der Waals surface area contributed by atoms with Crippen molar-refractivity contribution in [2.45, 2.75) is 64.8 Å². The van der Waals surface area contributed by atoms with E-state index >= 15 is 0 Å². The maximum Gasteiger partial charge on any atom is 0.147 e. The smallest absolute Gasteiger partial charge is 0.147 e. The molecular formula is C17H26N4O2. The Balaban J connectivity index is 1.65. The summed E-state index contributed by atoms with van der Waals surface area (Å²) in [7, 11) is 0. The van der Waals surface area contributed by atoms with Crippen LogP contribution in [0.15, 0.2) is 22.8 Å². The minimum Gasteiger partial charge on any atom is -0.467 e. The molecule has 2 aromatic heterocycles. The summed E-state index contributed by atoms with van der Waals surface area (Å²) < 4.78 is 7.53. The number of aliphatic hydroxyl groups is 1. The summed E-state index contributed by atoms with van der Waals surface area (Å²) in [5.74, 6) is 2.67. The predicted octanol–water partition coefficient (Wildman–Crippen LogP) is 2.68. The average Bonchev–Trinajstić information content (AvgIpc) is 3.26. The topological polar surface area (TPSA) is 67.3 Å². The summed E-state index contributed by atoms with van der Waals surface area (Å²) in [6, 6.07) is 4.02. The van der Waals surface area contributed by atoms with E-state index in [1.807, 2.05) is 19.1 Å². The molecule has 6 nitrogen and oxygen atoms in total. The fourth-order valence-corrected chi connectivity index (χ4v) is 3.46. The maximum absolute atomic E-state index is 10.3. The van der Waals surface area contributed by atoms with E-state index in [0.717, 1.165) is 50.5 Å². The zero-order valence-corrected chi connectivity index (χ0v) is 14.0. The van der Waals surface area contributed by atoms with E-state index in [1.54, 1.807) is 6.26 Å². The molecular weight excluding hydrogens is 292 g/mol. The molecule has 1 fully saturated rings. The molecule has 0 radical (unpaired) electrons. The van der Waals surface area contributed by atoms with Crippen LogP contribution >= 0.6 is 0 Å². The van der Waals surface area contributed by atoms with Gasteiger partial charge in [-0.25, -0.2) is 0 Å². The first kappa shape index (κ1) is 16.2. The van der Waals surface area contributed by atoms with Crippen LogP contribution in [0.1, 0.15) is 56.1 Å². The van der Waals surface area contributed by atoms with Crippen molar-refractivity contribution in [2.24, 2.45) is 0 Å². The molecule has 3 heterocycles. The van der Waals surface area contributed by atoms with E-state index in [-0.39, 0.29) is 0 Å². The first-order valence-electron chi connectivity index (χ1n) is 8.53. The van der Waals surface area contributed by atoms with Crippen LogP contribution in [0.3, 0.4) is 0 Å². The molecule has 6 heteroatoms. The molecule has 0 aromatic carbocycles. The van der Waals surface area contributed by atoms with E-state index in [9.17, 15) is 5.11 Å². The number of aliphatic hydroxyl groups excluding tert-OH is 1. The Morgan fingerprint density at radius 2 is 2.30 bits per heavy atom. The Hall–Kier alpha value is -1.66. The van der Waals surface area contributed by atoms with E-state index in [4.69, 9.17) is 4.42 Å². The number of hydrogen-bond donors (Lipinski definition) is 1. The van der Waals surface area contributed by atoms with Crippen LogP contribution in [0.25, 0.3) is 0 Å².